The van der Waals surface area contributed by atoms with Crippen molar-refractivity contribution in [1.82, 2.24) is 20.4 Å². The highest BCUT2D eigenvalue weighted by Gasteiger charge is 2.39. The lowest BCUT2D eigenvalue weighted by atomic mass is 10.2. The minimum atomic E-state index is -4.90. The van der Waals surface area contributed by atoms with Crippen LogP contribution in [0.2, 0.25) is 0 Å². The lowest BCUT2D eigenvalue weighted by Gasteiger charge is -2.03. The Morgan fingerprint density at radius 3 is 2.73 bits per heavy atom. The van der Waals surface area contributed by atoms with Crippen LogP contribution in [0.5, 0.6) is 0 Å². The first kappa shape index (κ1) is 9.56. The Morgan fingerprint density at radius 2 is 2.07 bits per heavy atom. The molecule has 0 fully saturated rings. The number of hydrogen-bond donors (Lipinski definition) is 1. The van der Waals surface area contributed by atoms with Gasteiger partial charge in [0.2, 0.25) is 5.65 Å². The van der Waals surface area contributed by atoms with Crippen LogP contribution in [0.3, 0.4) is 0 Å². The van der Waals surface area contributed by atoms with Crippen molar-refractivity contribution in [2.45, 2.75) is 6.18 Å². The lowest BCUT2D eigenvalue weighted by Crippen LogP contribution is -2.22. The van der Waals surface area contributed by atoms with Crippen LogP contribution in [0.4, 0.5) is 13.2 Å². The smallest absolute Gasteiger partial charge is 0.284 e. The summed E-state index contributed by atoms with van der Waals surface area (Å²) in [5.41, 5.74) is -0.275. The van der Waals surface area contributed by atoms with E-state index in [0.717, 1.165) is 12.3 Å². The van der Waals surface area contributed by atoms with Crippen molar-refractivity contribution in [3.63, 3.8) is 0 Å². The Kier molecular flexibility index (Phi) is 1.92. The summed E-state index contributed by atoms with van der Waals surface area (Å²) in [4.78, 5) is 14.4. The molecule has 0 unspecified atom stereocenters. The van der Waals surface area contributed by atoms with Crippen molar-refractivity contribution in [3.8, 4) is 0 Å². The number of pyridine rings is 1. The second kappa shape index (κ2) is 3.01. The number of aromatic amines is 1. The number of ketones is 1. The number of hydrogen-bond acceptors (Lipinski definition) is 4. The number of aromatic nitrogens is 4. The fourth-order valence-electron chi connectivity index (χ4n) is 1.03. The molecular formula is C7H3F3N4O. The van der Waals surface area contributed by atoms with Gasteiger partial charge in [0.05, 0.1) is 0 Å². The molecule has 2 rings (SSSR count). The summed E-state index contributed by atoms with van der Waals surface area (Å²) in [7, 11) is 0. The zero-order chi connectivity index (χ0) is 11.1. The van der Waals surface area contributed by atoms with Crippen LogP contribution in [0, 0.1) is 0 Å². The van der Waals surface area contributed by atoms with Gasteiger partial charge in [-0.25, -0.2) is 4.98 Å². The van der Waals surface area contributed by atoms with E-state index in [2.05, 4.69) is 20.4 Å². The molecule has 0 saturated carbocycles. The van der Waals surface area contributed by atoms with Crippen molar-refractivity contribution in [2.24, 2.45) is 0 Å². The number of carbonyl (C=O) groups is 1. The molecule has 0 aliphatic rings. The van der Waals surface area contributed by atoms with Crippen LogP contribution in [-0.2, 0) is 0 Å². The molecule has 2 heterocycles. The Hall–Kier alpha value is -1.99. The molecule has 15 heavy (non-hydrogen) atoms. The van der Waals surface area contributed by atoms with E-state index in [0.29, 0.717) is 0 Å². The van der Waals surface area contributed by atoms with Crippen LogP contribution in [-0.4, -0.2) is 32.4 Å². The van der Waals surface area contributed by atoms with Crippen LogP contribution in [0.15, 0.2) is 12.3 Å². The molecule has 0 atom stereocenters. The van der Waals surface area contributed by atoms with Gasteiger partial charge in [0.25, 0.3) is 5.78 Å². The summed E-state index contributed by atoms with van der Waals surface area (Å²) in [5, 5.41) is 9.25. The second-order valence-corrected chi connectivity index (χ2v) is 2.72. The van der Waals surface area contributed by atoms with Crippen molar-refractivity contribution >= 4 is 16.9 Å². The highest BCUT2D eigenvalue weighted by atomic mass is 19.4. The average molecular weight is 216 g/mol. The number of H-pyrrole nitrogens is 1. The van der Waals surface area contributed by atoms with E-state index in [1.807, 2.05) is 0 Å². The predicted octanol–water partition coefficient (Wildman–Crippen LogP) is 1.10. The van der Waals surface area contributed by atoms with Crippen molar-refractivity contribution < 1.29 is 18.0 Å². The fraction of sp³-hybridized carbons (Fsp3) is 0.143. The maximum Gasteiger partial charge on any atom is 0.454 e. The van der Waals surface area contributed by atoms with E-state index in [-0.39, 0.29) is 11.2 Å². The minimum Gasteiger partial charge on any atom is -0.284 e. The van der Waals surface area contributed by atoms with Gasteiger partial charge < -0.3 is 0 Å². The molecule has 2 aromatic rings. The molecule has 0 amide bonds. The number of halogens is 3. The van der Waals surface area contributed by atoms with Crippen LogP contribution in [0.25, 0.3) is 11.2 Å². The predicted molar refractivity (Wildman–Crippen MR) is 42.1 cm³/mol. The largest absolute Gasteiger partial charge is 0.454 e. The second-order valence-electron chi connectivity index (χ2n) is 2.72. The van der Waals surface area contributed by atoms with Gasteiger partial charge in [-0.2, -0.15) is 23.5 Å². The van der Waals surface area contributed by atoms with E-state index < -0.39 is 17.5 Å². The molecule has 5 nitrogen and oxygen atoms in total. The summed E-state index contributed by atoms with van der Waals surface area (Å²) in [5.74, 6) is -1.94. The molecule has 2 aromatic heterocycles. The number of nitrogens with zero attached hydrogens (tertiary/aromatic N) is 3. The third kappa shape index (κ3) is 1.65. The Balaban J connectivity index is 2.49. The van der Waals surface area contributed by atoms with Crippen molar-refractivity contribution in [1.29, 1.82) is 0 Å². The fourth-order valence-corrected chi connectivity index (χ4v) is 1.03. The topological polar surface area (TPSA) is 71.5 Å². The molecule has 0 aliphatic carbocycles. The van der Waals surface area contributed by atoms with Crippen molar-refractivity contribution in [3.05, 3.63) is 17.8 Å². The summed E-state index contributed by atoms with van der Waals surface area (Å²) < 4.78 is 36.1. The Labute approximate surface area is 80.3 Å². The summed E-state index contributed by atoms with van der Waals surface area (Å²) >= 11 is 0. The molecule has 1 N–H and O–H groups in total. The van der Waals surface area contributed by atoms with E-state index in [9.17, 15) is 18.0 Å². The van der Waals surface area contributed by atoms with E-state index >= 15 is 0 Å². The quantitative estimate of drug-likeness (QED) is 0.724. The maximum absolute atomic E-state index is 12.0. The number of carbonyl (C=O) groups excluding carboxylic acids is 1. The van der Waals surface area contributed by atoms with Crippen LogP contribution in [0.1, 0.15) is 10.4 Å². The number of alkyl halides is 3. The van der Waals surface area contributed by atoms with E-state index in [1.54, 1.807) is 0 Å². The van der Waals surface area contributed by atoms with Gasteiger partial charge in [-0.1, -0.05) is 0 Å². The molecule has 0 aliphatic heterocycles. The first-order chi connectivity index (χ1) is 6.98. The standard InChI is InChI=1S/C7H3F3N4O/c8-7(9,10)5(15)3-1-4-6(11-2-3)13-14-12-4/h1-2H,(H,11,12,13,14). The number of Topliss-reactive ketones (excluding diaryl/α,β-unsaturated/α-hetero) is 1. The SMILES string of the molecule is O=C(c1cnc2n[nH]nc2c1)C(F)(F)F. The average Bonchev–Trinajstić information content (AvgIpc) is 2.61. The first-order valence-corrected chi connectivity index (χ1v) is 3.76. The lowest BCUT2D eigenvalue weighted by molar-refractivity contribution is -0.0885. The normalized spacial score (nSPS) is 11.9. The first-order valence-electron chi connectivity index (χ1n) is 3.76. The van der Waals surface area contributed by atoms with E-state index in [1.165, 1.54) is 0 Å². The minimum absolute atomic E-state index is 0.116. The summed E-state index contributed by atoms with van der Waals surface area (Å²) in [6.07, 6.45) is -4.08. The monoisotopic (exact) mass is 216 g/mol. The molecule has 0 spiro atoms. The number of rotatable bonds is 1. The van der Waals surface area contributed by atoms with Gasteiger partial charge in [0.15, 0.2) is 0 Å². The molecule has 0 radical (unpaired) electrons. The van der Waals surface area contributed by atoms with E-state index in [4.69, 9.17) is 0 Å². The molecular weight excluding hydrogens is 213 g/mol. The Bertz CT molecular complexity index is 518. The van der Waals surface area contributed by atoms with Crippen molar-refractivity contribution in [2.75, 3.05) is 0 Å². The van der Waals surface area contributed by atoms with Gasteiger partial charge in [-0.05, 0) is 6.07 Å². The number of fused-ring (bicyclic) bond motifs is 1. The summed E-state index contributed by atoms with van der Waals surface area (Å²) in [6.45, 7) is 0. The third-order valence-corrected chi connectivity index (χ3v) is 1.69. The zero-order valence-corrected chi connectivity index (χ0v) is 7.04. The zero-order valence-electron chi connectivity index (χ0n) is 7.04. The highest BCUT2D eigenvalue weighted by Crippen LogP contribution is 2.21. The molecule has 78 valence electrons. The number of nitrogens with one attached hydrogen (secondary N) is 1. The van der Waals surface area contributed by atoms with Gasteiger partial charge in [0.1, 0.15) is 5.52 Å². The van der Waals surface area contributed by atoms with Gasteiger partial charge in [-0.15, -0.1) is 5.10 Å². The highest BCUT2D eigenvalue weighted by molar-refractivity contribution is 6.01. The third-order valence-electron chi connectivity index (χ3n) is 1.69. The molecule has 0 aromatic carbocycles. The molecule has 0 saturated heterocycles. The molecule has 8 heteroatoms. The van der Waals surface area contributed by atoms with Gasteiger partial charge in [0, 0.05) is 11.8 Å². The molecule has 0 bridgehead atoms. The maximum atomic E-state index is 12.0. The Morgan fingerprint density at radius 1 is 1.33 bits per heavy atom. The van der Waals surface area contributed by atoms with Gasteiger partial charge >= 0.3 is 6.18 Å². The van der Waals surface area contributed by atoms with Crippen LogP contribution >= 0.6 is 0 Å². The van der Waals surface area contributed by atoms with Gasteiger partial charge in [-0.3, -0.25) is 4.79 Å². The summed E-state index contributed by atoms with van der Waals surface area (Å²) in [6, 6.07) is 0.988. The van der Waals surface area contributed by atoms with Crippen LogP contribution < -0.4 is 0 Å².